The topological polar surface area (TPSA) is 114 Å². The van der Waals surface area contributed by atoms with E-state index in [1.54, 1.807) is 36.4 Å². The number of rotatable bonds is 8. The third-order valence-electron chi connectivity index (χ3n) is 5.90. The van der Waals surface area contributed by atoms with Crippen molar-refractivity contribution in [3.05, 3.63) is 102 Å². The van der Waals surface area contributed by atoms with Gasteiger partial charge in [-0.05, 0) is 43.5 Å². The van der Waals surface area contributed by atoms with E-state index in [2.05, 4.69) is 10.3 Å². The number of hydrogen-bond acceptors (Lipinski definition) is 6. The number of nitrogens with one attached hydrogen (secondary N) is 2. The van der Waals surface area contributed by atoms with E-state index >= 15 is 0 Å². The van der Waals surface area contributed by atoms with Crippen LogP contribution >= 0.6 is 0 Å². The van der Waals surface area contributed by atoms with Gasteiger partial charge >= 0.3 is 6.18 Å². The van der Waals surface area contributed by atoms with Crippen molar-refractivity contribution in [1.82, 2.24) is 15.0 Å². The smallest absolute Gasteiger partial charge is 0.433 e. The zero-order chi connectivity index (χ0) is 29.1. The van der Waals surface area contributed by atoms with Gasteiger partial charge in [0.05, 0.1) is 10.5 Å². The molecule has 40 heavy (non-hydrogen) atoms. The van der Waals surface area contributed by atoms with E-state index < -0.39 is 39.2 Å². The van der Waals surface area contributed by atoms with Gasteiger partial charge in [-0.15, -0.1) is 0 Å². The molecular formula is C28H24F3N3O5S. The molecule has 0 fully saturated rings. The second-order valence-corrected chi connectivity index (χ2v) is 11.0. The molecule has 0 aliphatic carbocycles. The Morgan fingerprint density at radius 3 is 2.23 bits per heavy atom. The van der Waals surface area contributed by atoms with Crippen molar-refractivity contribution in [3.63, 3.8) is 0 Å². The standard InChI is InChI=1S/C28H24F3N3O5S/c1-27(2,26(36)34-40(37,38)20-9-4-3-5-10-20)33-25(35)22-14-13-19-8-6-7-11-21(19)24(22)39-17-18-12-15-23(32-16-18)28(29,30)31/h3-16H,17H2,1-2H3,(H,33,35)(H,34,36). The maximum Gasteiger partial charge on any atom is 0.433 e. The maximum atomic E-state index is 13.4. The quantitative estimate of drug-likeness (QED) is 0.313. The molecule has 4 rings (SSSR count). The summed E-state index contributed by atoms with van der Waals surface area (Å²) in [5, 5.41) is 3.81. The van der Waals surface area contributed by atoms with E-state index in [-0.39, 0.29) is 22.8 Å². The molecule has 0 bridgehead atoms. The van der Waals surface area contributed by atoms with Gasteiger partial charge in [-0.3, -0.25) is 14.6 Å². The summed E-state index contributed by atoms with van der Waals surface area (Å²) in [5.41, 5.74) is -2.35. The van der Waals surface area contributed by atoms with Crippen LogP contribution in [0.3, 0.4) is 0 Å². The number of benzene rings is 3. The highest BCUT2D eigenvalue weighted by atomic mass is 32.2. The second kappa shape index (κ2) is 11.0. The Bertz CT molecular complexity index is 1660. The summed E-state index contributed by atoms with van der Waals surface area (Å²) >= 11 is 0. The van der Waals surface area contributed by atoms with Crippen LogP contribution in [0.25, 0.3) is 10.8 Å². The molecule has 0 saturated carbocycles. The third-order valence-corrected chi connectivity index (χ3v) is 7.24. The molecule has 4 aromatic rings. The Balaban J connectivity index is 1.57. The van der Waals surface area contributed by atoms with Crippen molar-refractivity contribution >= 4 is 32.6 Å². The summed E-state index contributed by atoms with van der Waals surface area (Å²) < 4.78 is 71.7. The normalized spacial score (nSPS) is 12.1. The van der Waals surface area contributed by atoms with E-state index in [0.29, 0.717) is 10.9 Å². The van der Waals surface area contributed by atoms with Crippen LogP contribution in [0, 0.1) is 0 Å². The van der Waals surface area contributed by atoms with Crippen LogP contribution in [0.15, 0.2) is 90.0 Å². The van der Waals surface area contributed by atoms with E-state index in [0.717, 1.165) is 17.6 Å². The lowest BCUT2D eigenvalue weighted by molar-refractivity contribution is -0.141. The Morgan fingerprint density at radius 2 is 1.57 bits per heavy atom. The highest BCUT2D eigenvalue weighted by molar-refractivity contribution is 7.90. The summed E-state index contributed by atoms with van der Waals surface area (Å²) in [6, 6.07) is 19.5. The van der Waals surface area contributed by atoms with Crippen molar-refractivity contribution in [2.24, 2.45) is 0 Å². The van der Waals surface area contributed by atoms with Gasteiger partial charge in [0.1, 0.15) is 23.6 Å². The lowest BCUT2D eigenvalue weighted by Gasteiger charge is -2.25. The number of nitrogens with zero attached hydrogens (tertiary/aromatic N) is 1. The lowest BCUT2D eigenvalue weighted by Crippen LogP contribution is -2.55. The minimum Gasteiger partial charge on any atom is -0.487 e. The van der Waals surface area contributed by atoms with Gasteiger partial charge in [-0.25, -0.2) is 13.1 Å². The van der Waals surface area contributed by atoms with Gasteiger partial charge in [0.25, 0.3) is 21.8 Å². The van der Waals surface area contributed by atoms with Crippen LogP contribution in [0.2, 0.25) is 0 Å². The van der Waals surface area contributed by atoms with Crippen LogP contribution in [-0.2, 0) is 27.6 Å². The number of carbonyl (C=O) groups is 2. The van der Waals surface area contributed by atoms with E-state index in [1.165, 1.54) is 50.2 Å². The van der Waals surface area contributed by atoms with Crippen LogP contribution in [-0.4, -0.2) is 30.8 Å². The molecule has 208 valence electrons. The molecule has 8 nitrogen and oxygen atoms in total. The molecule has 0 unspecified atom stereocenters. The average Bonchev–Trinajstić information content (AvgIpc) is 2.91. The van der Waals surface area contributed by atoms with Gasteiger partial charge in [0.2, 0.25) is 0 Å². The van der Waals surface area contributed by atoms with Crippen molar-refractivity contribution in [2.45, 2.75) is 37.1 Å². The summed E-state index contributed by atoms with van der Waals surface area (Å²) in [6.45, 7) is 2.49. The van der Waals surface area contributed by atoms with Gasteiger partial charge in [0.15, 0.2) is 0 Å². The molecule has 0 aliphatic rings. The number of aromatic nitrogens is 1. The Hall–Kier alpha value is -4.45. The molecule has 0 atom stereocenters. The fourth-order valence-electron chi connectivity index (χ4n) is 3.73. The second-order valence-electron chi connectivity index (χ2n) is 9.33. The van der Waals surface area contributed by atoms with E-state index in [9.17, 15) is 31.2 Å². The summed E-state index contributed by atoms with van der Waals surface area (Å²) in [7, 11) is -4.18. The first-order valence-corrected chi connectivity index (χ1v) is 13.4. The van der Waals surface area contributed by atoms with E-state index in [4.69, 9.17) is 4.74 Å². The summed E-state index contributed by atoms with van der Waals surface area (Å²) in [4.78, 5) is 29.6. The first-order chi connectivity index (χ1) is 18.8. The molecule has 1 heterocycles. The van der Waals surface area contributed by atoms with Gasteiger partial charge < -0.3 is 10.1 Å². The number of fused-ring (bicyclic) bond motifs is 1. The Kier molecular flexibility index (Phi) is 7.83. The number of sulfonamides is 1. The van der Waals surface area contributed by atoms with Crippen molar-refractivity contribution in [1.29, 1.82) is 0 Å². The highest BCUT2D eigenvalue weighted by Crippen LogP contribution is 2.32. The molecule has 0 aliphatic heterocycles. The predicted octanol–water partition coefficient (Wildman–Crippen LogP) is 4.85. The fourth-order valence-corrected chi connectivity index (χ4v) is 4.86. The largest absolute Gasteiger partial charge is 0.487 e. The van der Waals surface area contributed by atoms with Crippen molar-refractivity contribution in [3.8, 4) is 5.75 Å². The number of carbonyl (C=O) groups excluding carboxylic acids is 2. The number of ether oxygens (including phenoxy) is 1. The van der Waals surface area contributed by atoms with Gasteiger partial charge in [-0.2, -0.15) is 13.2 Å². The van der Waals surface area contributed by atoms with Crippen LogP contribution < -0.4 is 14.8 Å². The maximum absolute atomic E-state index is 13.4. The number of alkyl halides is 3. The molecule has 12 heteroatoms. The van der Waals surface area contributed by atoms with E-state index in [1.807, 2.05) is 4.72 Å². The fraction of sp³-hybridized carbons (Fsp3) is 0.179. The third kappa shape index (κ3) is 6.40. The first-order valence-electron chi connectivity index (χ1n) is 11.9. The van der Waals surface area contributed by atoms with Crippen LogP contribution in [0.4, 0.5) is 13.2 Å². The highest BCUT2D eigenvalue weighted by Gasteiger charge is 2.34. The van der Waals surface area contributed by atoms with Gasteiger partial charge in [-0.1, -0.05) is 54.6 Å². The van der Waals surface area contributed by atoms with Gasteiger partial charge in [0, 0.05) is 17.1 Å². The number of pyridine rings is 1. The molecule has 3 aromatic carbocycles. The molecule has 0 spiro atoms. The predicted molar refractivity (Wildman–Crippen MR) is 141 cm³/mol. The molecule has 1 aromatic heterocycles. The number of halogens is 3. The van der Waals surface area contributed by atoms with Crippen LogP contribution in [0.5, 0.6) is 5.75 Å². The minimum atomic E-state index is -4.58. The Labute approximate surface area is 228 Å². The SMILES string of the molecule is CC(C)(NC(=O)c1ccc2ccccc2c1OCc1ccc(C(F)(F)F)nc1)C(=O)NS(=O)(=O)c1ccccc1. The molecular weight excluding hydrogens is 547 g/mol. The zero-order valence-electron chi connectivity index (χ0n) is 21.3. The lowest BCUT2D eigenvalue weighted by atomic mass is 10.0. The van der Waals surface area contributed by atoms with Crippen LogP contribution in [0.1, 0.15) is 35.5 Å². The molecule has 0 saturated heterocycles. The number of amides is 2. The molecule has 0 radical (unpaired) electrons. The zero-order valence-corrected chi connectivity index (χ0v) is 22.1. The average molecular weight is 572 g/mol. The monoisotopic (exact) mass is 571 g/mol. The van der Waals surface area contributed by atoms with Crippen molar-refractivity contribution in [2.75, 3.05) is 0 Å². The summed E-state index contributed by atoms with van der Waals surface area (Å²) in [6.07, 6.45) is -3.55. The molecule has 2 N–H and O–H groups in total. The first kappa shape index (κ1) is 28.6. The Morgan fingerprint density at radius 1 is 0.900 bits per heavy atom. The molecule has 2 amide bonds. The summed E-state index contributed by atoms with van der Waals surface area (Å²) in [5.74, 6) is -1.57. The minimum absolute atomic E-state index is 0.0327. The van der Waals surface area contributed by atoms with Crippen molar-refractivity contribution < 1.29 is 35.9 Å². The number of hydrogen-bond donors (Lipinski definition) is 2.